The zero-order valence-corrected chi connectivity index (χ0v) is 33.5. The van der Waals surface area contributed by atoms with Gasteiger partial charge < -0.3 is 4.42 Å². The molecule has 2 heterocycles. The molecule has 15 rings (SSSR count). The molecule has 59 heavy (non-hydrogen) atoms. The minimum Gasteiger partial charge on any atom is -0.456 e. The number of benzene rings is 5. The molecular formula is C54H48N4O. The van der Waals surface area contributed by atoms with Crippen LogP contribution in [0.25, 0.3) is 67.2 Å². The molecule has 0 unspecified atom stereocenters. The van der Waals surface area contributed by atoms with Crippen LogP contribution in [0, 0.1) is 46.8 Å². The fourth-order valence-corrected chi connectivity index (χ4v) is 14.5. The molecule has 8 bridgehead atoms. The Hall–Kier alpha value is -5.60. The third kappa shape index (κ3) is 5.58. The van der Waals surface area contributed by atoms with Crippen molar-refractivity contribution in [3.8, 4) is 51.4 Å². The van der Waals surface area contributed by atoms with Gasteiger partial charge in [-0.15, -0.1) is 0 Å². The molecule has 8 aliphatic rings. The zero-order chi connectivity index (χ0) is 38.9. The van der Waals surface area contributed by atoms with Gasteiger partial charge in [0.2, 0.25) is 0 Å². The molecule has 7 aromatic rings. The molecule has 8 fully saturated rings. The smallest absolute Gasteiger partial charge is 0.164 e. The van der Waals surface area contributed by atoms with Gasteiger partial charge in [-0.2, -0.15) is 5.26 Å². The van der Waals surface area contributed by atoms with Crippen LogP contribution >= 0.6 is 0 Å². The standard InChI is InChI=1S/C54H48N4O/c55-31-32-6-12-48-46(20-32)47-24-41(9-13-49(47)59-48)42-21-43(23-45(22-42)54-28-36-17-37(29-54)19-38(18-36)30-54)52-57-50(39-4-2-1-3-5-39)56-51(58-52)40-7-10-44(11-8-40)53-25-33-14-34(26-53)16-35(15-33)27-53/h1-13,20-24,33-38H,14-19,25-30H2/t33-,34+,35-,36-,37-,38-,53?,54?. The summed E-state index contributed by atoms with van der Waals surface area (Å²) in [6, 6.07) is 41.6. The molecule has 0 N–H and O–H groups in total. The second-order valence-electron chi connectivity index (χ2n) is 20.1. The van der Waals surface area contributed by atoms with Crippen LogP contribution < -0.4 is 0 Å². The Kier molecular flexibility index (Phi) is 7.38. The monoisotopic (exact) mass is 768 g/mol. The lowest BCUT2D eigenvalue weighted by atomic mass is 9.48. The maximum absolute atomic E-state index is 9.72. The van der Waals surface area contributed by atoms with Crippen LogP contribution in [0.5, 0.6) is 0 Å². The largest absolute Gasteiger partial charge is 0.456 e. The van der Waals surface area contributed by atoms with Crippen molar-refractivity contribution in [2.45, 2.75) is 87.9 Å². The van der Waals surface area contributed by atoms with Crippen LogP contribution in [0.4, 0.5) is 0 Å². The Morgan fingerprint density at radius 2 is 0.915 bits per heavy atom. The Labute approximate surface area is 345 Å². The Morgan fingerprint density at radius 1 is 0.441 bits per heavy atom. The molecule has 0 spiro atoms. The minimum absolute atomic E-state index is 0.179. The first-order valence-corrected chi connectivity index (χ1v) is 22.4. The molecule has 0 aliphatic heterocycles. The van der Waals surface area contributed by atoms with E-state index >= 15 is 0 Å². The minimum atomic E-state index is 0.179. The summed E-state index contributed by atoms with van der Waals surface area (Å²) in [5, 5.41) is 11.7. The summed E-state index contributed by atoms with van der Waals surface area (Å²) in [4.78, 5) is 15.9. The highest BCUT2D eigenvalue weighted by molar-refractivity contribution is 6.06. The van der Waals surface area contributed by atoms with Gasteiger partial charge in [0, 0.05) is 27.5 Å². The lowest BCUT2D eigenvalue weighted by molar-refractivity contribution is -0.00529. The topological polar surface area (TPSA) is 75.6 Å². The Balaban J connectivity index is 0.964. The third-order valence-corrected chi connectivity index (χ3v) is 16.2. The van der Waals surface area contributed by atoms with Crippen LogP contribution in [0.1, 0.15) is 93.7 Å². The Morgan fingerprint density at radius 3 is 1.49 bits per heavy atom. The van der Waals surface area contributed by atoms with Gasteiger partial charge in [-0.05, 0) is 188 Å². The SMILES string of the molecule is N#Cc1ccc2oc3ccc(-c4cc(-c5nc(-c6ccccc6)nc(-c6ccc(C78C[C@H]9C[C@@H](C7)C[C@@H](C8)C9)cc6)n5)cc(C56C[C@H]7C[C@H](C5)C[C@@H](C6)C7)c4)cc3c2c1. The van der Waals surface area contributed by atoms with E-state index in [0.29, 0.717) is 16.8 Å². The van der Waals surface area contributed by atoms with Gasteiger partial charge in [-0.25, -0.2) is 15.0 Å². The predicted molar refractivity (Wildman–Crippen MR) is 233 cm³/mol. The van der Waals surface area contributed by atoms with E-state index in [4.69, 9.17) is 19.4 Å². The van der Waals surface area contributed by atoms with Crippen LogP contribution in [-0.2, 0) is 10.8 Å². The molecule has 5 heteroatoms. The van der Waals surface area contributed by atoms with Crippen molar-refractivity contribution in [2.75, 3.05) is 0 Å². The van der Waals surface area contributed by atoms with Gasteiger partial charge in [0.25, 0.3) is 0 Å². The molecule has 0 amide bonds. The molecule has 2 aromatic heterocycles. The van der Waals surface area contributed by atoms with E-state index in [0.717, 1.165) is 91.3 Å². The van der Waals surface area contributed by atoms with Crippen LogP contribution in [0.15, 0.2) is 114 Å². The van der Waals surface area contributed by atoms with Crippen molar-refractivity contribution < 1.29 is 4.42 Å². The van der Waals surface area contributed by atoms with Crippen molar-refractivity contribution >= 4 is 21.9 Å². The fourth-order valence-electron chi connectivity index (χ4n) is 14.5. The van der Waals surface area contributed by atoms with Crippen LogP contribution in [0.2, 0.25) is 0 Å². The van der Waals surface area contributed by atoms with Crippen LogP contribution in [-0.4, -0.2) is 15.0 Å². The summed E-state index contributed by atoms with van der Waals surface area (Å²) >= 11 is 0. The van der Waals surface area contributed by atoms with E-state index in [1.54, 1.807) is 0 Å². The van der Waals surface area contributed by atoms with E-state index in [1.807, 2.05) is 18.2 Å². The number of hydrogen-bond acceptors (Lipinski definition) is 5. The van der Waals surface area contributed by atoms with Crippen molar-refractivity contribution in [3.05, 3.63) is 126 Å². The summed E-state index contributed by atoms with van der Waals surface area (Å²) in [6.45, 7) is 0. The van der Waals surface area contributed by atoms with Gasteiger partial charge in [-0.1, -0.05) is 66.7 Å². The number of rotatable bonds is 6. The number of fused-ring (bicyclic) bond motifs is 3. The second kappa shape index (κ2) is 12.7. The molecule has 0 saturated heterocycles. The molecule has 0 radical (unpaired) electrons. The quantitative estimate of drug-likeness (QED) is 0.168. The molecule has 8 saturated carbocycles. The zero-order valence-electron chi connectivity index (χ0n) is 33.5. The summed E-state index contributed by atoms with van der Waals surface area (Å²) in [6.07, 6.45) is 16.5. The van der Waals surface area contributed by atoms with Crippen LogP contribution in [0.3, 0.4) is 0 Å². The normalized spacial score (nSPS) is 30.0. The molecule has 8 aliphatic carbocycles. The van der Waals surface area contributed by atoms with Crippen molar-refractivity contribution in [2.24, 2.45) is 35.5 Å². The highest BCUT2D eigenvalue weighted by atomic mass is 16.3. The predicted octanol–water partition coefficient (Wildman–Crippen LogP) is 13.2. The summed E-state index contributed by atoms with van der Waals surface area (Å²) in [5.74, 6) is 7.37. The lowest BCUT2D eigenvalue weighted by Crippen LogP contribution is -2.48. The van der Waals surface area contributed by atoms with Gasteiger partial charge in [-0.3, -0.25) is 0 Å². The van der Waals surface area contributed by atoms with E-state index in [2.05, 4.69) is 97.1 Å². The van der Waals surface area contributed by atoms with Gasteiger partial charge in [0.15, 0.2) is 17.5 Å². The van der Waals surface area contributed by atoms with E-state index in [9.17, 15) is 5.26 Å². The molecule has 5 aromatic carbocycles. The van der Waals surface area contributed by atoms with E-state index < -0.39 is 0 Å². The average Bonchev–Trinajstić information content (AvgIpc) is 3.63. The van der Waals surface area contributed by atoms with Crippen molar-refractivity contribution in [1.29, 1.82) is 5.26 Å². The summed E-state index contributed by atoms with van der Waals surface area (Å²) in [5.41, 5.74) is 11.2. The fraction of sp³-hybridized carbons (Fsp3) is 0.370. The second-order valence-corrected chi connectivity index (χ2v) is 20.1. The number of nitrogens with zero attached hydrogens (tertiary/aromatic N) is 4. The van der Waals surface area contributed by atoms with Gasteiger partial charge in [0.1, 0.15) is 11.2 Å². The first-order chi connectivity index (χ1) is 28.9. The number of hydrogen-bond donors (Lipinski definition) is 0. The molecule has 0 atom stereocenters. The maximum atomic E-state index is 9.72. The number of aromatic nitrogens is 3. The Bertz CT molecular complexity index is 2790. The number of nitriles is 1. The van der Waals surface area contributed by atoms with Crippen molar-refractivity contribution in [3.63, 3.8) is 0 Å². The van der Waals surface area contributed by atoms with E-state index in [-0.39, 0.29) is 5.41 Å². The first-order valence-electron chi connectivity index (χ1n) is 22.4. The highest BCUT2D eigenvalue weighted by Crippen LogP contribution is 2.62. The maximum Gasteiger partial charge on any atom is 0.164 e. The lowest BCUT2D eigenvalue weighted by Gasteiger charge is -2.57. The average molecular weight is 769 g/mol. The van der Waals surface area contributed by atoms with Gasteiger partial charge >= 0.3 is 0 Å². The summed E-state index contributed by atoms with van der Waals surface area (Å²) < 4.78 is 6.27. The van der Waals surface area contributed by atoms with Crippen molar-refractivity contribution in [1.82, 2.24) is 15.0 Å². The molecule has 5 nitrogen and oxygen atoms in total. The number of furan rings is 1. The third-order valence-electron chi connectivity index (χ3n) is 16.2. The first kappa shape index (κ1) is 34.3. The molecule has 290 valence electrons. The van der Waals surface area contributed by atoms with Gasteiger partial charge in [0.05, 0.1) is 11.6 Å². The summed E-state index contributed by atoms with van der Waals surface area (Å²) in [7, 11) is 0. The molecular weight excluding hydrogens is 721 g/mol. The highest BCUT2D eigenvalue weighted by Gasteiger charge is 2.53. The van der Waals surface area contributed by atoms with E-state index in [1.165, 1.54) is 93.7 Å².